The third-order valence-corrected chi connectivity index (χ3v) is 6.00. The Labute approximate surface area is 137 Å². The molecular weight excluding hydrogens is 312 g/mol. The van der Waals surface area contributed by atoms with Crippen molar-refractivity contribution in [3.05, 3.63) is 42.0 Å². The van der Waals surface area contributed by atoms with Gasteiger partial charge >= 0.3 is 0 Å². The van der Waals surface area contributed by atoms with E-state index < -0.39 is 10.2 Å². The highest BCUT2D eigenvalue weighted by Gasteiger charge is 2.26. The van der Waals surface area contributed by atoms with Crippen LogP contribution in [0, 0.1) is 0 Å². The Morgan fingerprint density at radius 1 is 1.09 bits per heavy atom. The van der Waals surface area contributed by atoms with E-state index in [2.05, 4.69) is 4.72 Å². The molecule has 1 fully saturated rings. The number of rotatable bonds is 5. The molecule has 1 heterocycles. The van der Waals surface area contributed by atoms with Gasteiger partial charge in [0, 0.05) is 19.1 Å². The van der Waals surface area contributed by atoms with Gasteiger partial charge in [0.25, 0.3) is 10.2 Å². The molecule has 0 amide bonds. The van der Waals surface area contributed by atoms with E-state index in [1.165, 1.54) is 4.31 Å². The Balaban J connectivity index is 1.81. The minimum absolute atomic E-state index is 0.271. The third kappa shape index (κ3) is 3.49. The SMILES string of the molecule is COc1ccc2cc([C@H](C)NS(=O)(=O)N3CCCC3)ccc2c1. The van der Waals surface area contributed by atoms with Gasteiger partial charge < -0.3 is 4.74 Å². The summed E-state index contributed by atoms with van der Waals surface area (Å²) in [6.45, 7) is 3.09. The molecule has 0 bridgehead atoms. The minimum atomic E-state index is -3.41. The largest absolute Gasteiger partial charge is 0.497 e. The second kappa shape index (κ2) is 6.47. The summed E-state index contributed by atoms with van der Waals surface area (Å²) in [6.07, 6.45) is 1.88. The fourth-order valence-corrected chi connectivity index (χ4v) is 4.40. The lowest BCUT2D eigenvalue weighted by Crippen LogP contribution is -2.40. The van der Waals surface area contributed by atoms with E-state index in [0.29, 0.717) is 13.1 Å². The van der Waals surface area contributed by atoms with Gasteiger partial charge in [-0.2, -0.15) is 17.4 Å². The molecule has 1 saturated heterocycles. The Morgan fingerprint density at radius 3 is 2.43 bits per heavy atom. The first-order valence-electron chi connectivity index (χ1n) is 7.85. The van der Waals surface area contributed by atoms with Crippen molar-refractivity contribution in [3.63, 3.8) is 0 Å². The molecule has 0 aromatic heterocycles. The predicted molar refractivity (Wildman–Crippen MR) is 91.8 cm³/mol. The van der Waals surface area contributed by atoms with E-state index in [0.717, 1.165) is 34.9 Å². The molecule has 1 aliphatic heterocycles. The molecule has 2 aromatic carbocycles. The van der Waals surface area contributed by atoms with Crippen LogP contribution in [0.15, 0.2) is 36.4 Å². The maximum absolute atomic E-state index is 12.4. The monoisotopic (exact) mass is 334 g/mol. The normalized spacial score (nSPS) is 17.5. The number of hydrogen-bond acceptors (Lipinski definition) is 3. The first-order valence-corrected chi connectivity index (χ1v) is 9.29. The highest BCUT2D eigenvalue weighted by atomic mass is 32.2. The third-order valence-electron chi connectivity index (χ3n) is 4.30. The topological polar surface area (TPSA) is 58.6 Å². The molecule has 1 N–H and O–H groups in total. The lowest BCUT2D eigenvalue weighted by Gasteiger charge is -2.20. The van der Waals surface area contributed by atoms with Crippen LogP contribution in [0.5, 0.6) is 5.75 Å². The van der Waals surface area contributed by atoms with E-state index in [9.17, 15) is 8.42 Å². The lowest BCUT2D eigenvalue weighted by molar-refractivity contribution is 0.415. The summed E-state index contributed by atoms with van der Waals surface area (Å²) in [7, 11) is -1.76. The number of benzene rings is 2. The second-order valence-corrected chi connectivity index (χ2v) is 7.63. The van der Waals surface area contributed by atoms with Gasteiger partial charge in [-0.05, 0) is 54.3 Å². The number of nitrogens with zero attached hydrogens (tertiary/aromatic N) is 1. The van der Waals surface area contributed by atoms with Crippen LogP contribution in [0.2, 0.25) is 0 Å². The number of hydrogen-bond donors (Lipinski definition) is 1. The summed E-state index contributed by atoms with van der Waals surface area (Å²) in [4.78, 5) is 0. The van der Waals surface area contributed by atoms with Crippen molar-refractivity contribution < 1.29 is 13.2 Å². The van der Waals surface area contributed by atoms with E-state index in [1.807, 2.05) is 43.3 Å². The van der Waals surface area contributed by atoms with Gasteiger partial charge in [-0.1, -0.05) is 18.2 Å². The van der Waals surface area contributed by atoms with Crippen LogP contribution in [-0.4, -0.2) is 32.9 Å². The summed E-state index contributed by atoms with van der Waals surface area (Å²) in [6, 6.07) is 11.6. The van der Waals surface area contributed by atoms with E-state index in [1.54, 1.807) is 7.11 Å². The summed E-state index contributed by atoms with van der Waals surface area (Å²) in [5, 5.41) is 2.14. The van der Waals surface area contributed by atoms with Crippen LogP contribution in [-0.2, 0) is 10.2 Å². The zero-order chi connectivity index (χ0) is 16.4. The Kier molecular flexibility index (Phi) is 4.57. The van der Waals surface area contributed by atoms with Gasteiger partial charge in [0.2, 0.25) is 0 Å². The highest BCUT2D eigenvalue weighted by Crippen LogP contribution is 2.25. The lowest BCUT2D eigenvalue weighted by atomic mass is 10.0. The van der Waals surface area contributed by atoms with Crippen LogP contribution >= 0.6 is 0 Å². The van der Waals surface area contributed by atoms with Crippen molar-refractivity contribution in [3.8, 4) is 5.75 Å². The highest BCUT2D eigenvalue weighted by molar-refractivity contribution is 7.87. The predicted octanol–water partition coefficient (Wildman–Crippen LogP) is 2.84. The van der Waals surface area contributed by atoms with Gasteiger partial charge in [-0.25, -0.2) is 0 Å². The minimum Gasteiger partial charge on any atom is -0.497 e. The maximum atomic E-state index is 12.4. The molecule has 0 radical (unpaired) electrons. The molecule has 124 valence electrons. The van der Waals surface area contributed by atoms with Gasteiger partial charge in [-0.15, -0.1) is 0 Å². The molecule has 0 spiro atoms. The molecule has 0 aliphatic carbocycles. The zero-order valence-corrected chi connectivity index (χ0v) is 14.3. The molecule has 1 aliphatic rings. The summed E-state index contributed by atoms with van der Waals surface area (Å²) in [5.41, 5.74) is 0.949. The molecule has 0 unspecified atom stereocenters. The fraction of sp³-hybridized carbons (Fsp3) is 0.412. The maximum Gasteiger partial charge on any atom is 0.279 e. The first-order chi connectivity index (χ1) is 11.0. The molecule has 6 heteroatoms. The molecular formula is C17H22N2O3S. The molecule has 3 rings (SSSR count). The average Bonchev–Trinajstić information content (AvgIpc) is 3.08. The van der Waals surface area contributed by atoms with Crippen LogP contribution in [0.1, 0.15) is 31.4 Å². The van der Waals surface area contributed by atoms with Crippen molar-refractivity contribution in [2.75, 3.05) is 20.2 Å². The molecule has 5 nitrogen and oxygen atoms in total. The van der Waals surface area contributed by atoms with Crippen LogP contribution in [0.3, 0.4) is 0 Å². The van der Waals surface area contributed by atoms with E-state index >= 15 is 0 Å². The van der Waals surface area contributed by atoms with Crippen molar-refractivity contribution in [2.24, 2.45) is 0 Å². The smallest absolute Gasteiger partial charge is 0.279 e. The van der Waals surface area contributed by atoms with Gasteiger partial charge in [0.1, 0.15) is 5.75 Å². The van der Waals surface area contributed by atoms with Crippen LogP contribution in [0.4, 0.5) is 0 Å². The Hall–Kier alpha value is -1.63. The summed E-state index contributed by atoms with van der Waals surface area (Å²) < 4.78 is 34.2. The number of methoxy groups -OCH3 is 1. The van der Waals surface area contributed by atoms with Crippen LogP contribution in [0.25, 0.3) is 10.8 Å². The van der Waals surface area contributed by atoms with E-state index in [4.69, 9.17) is 4.74 Å². The zero-order valence-electron chi connectivity index (χ0n) is 13.5. The van der Waals surface area contributed by atoms with Gasteiger partial charge in [0.15, 0.2) is 0 Å². The fourth-order valence-electron chi connectivity index (χ4n) is 2.93. The summed E-state index contributed by atoms with van der Waals surface area (Å²) >= 11 is 0. The molecule has 1 atom stereocenters. The second-order valence-electron chi connectivity index (χ2n) is 5.92. The van der Waals surface area contributed by atoms with Crippen molar-refractivity contribution >= 4 is 21.0 Å². The molecule has 0 saturated carbocycles. The van der Waals surface area contributed by atoms with Crippen molar-refractivity contribution in [1.29, 1.82) is 0 Å². The molecule has 23 heavy (non-hydrogen) atoms. The molecule has 2 aromatic rings. The van der Waals surface area contributed by atoms with Crippen molar-refractivity contribution in [2.45, 2.75) is 25.8 Å². The summed E-state index contributed by atoms with van der Waals surface area (Å²) in [5.74, 6) is 0.813. The standard InChI is InChI=1S/C17H22N2O3S/c1-13(18-23(20,21)19-9-3-4-10-19)14-5-6-16-12-17(22-2)8-7-15(16)11-14/h5-8,11-13,18H,3-4,9-10H2,1-2H3/t13-/m0/s1. The van der Waals surface area contributed by atoms with Gasteiger partial charge in [-0.3, -0.25) is 0 Å². The average molecular weight is 334 g/mol. The van der Waals surface area contributed by atoms with Crippen molar-refractivity contribution in [1.82, 2.24) is 9.03 Å². The Bertz CT molecular complexity index is 799. The quantitative estimate of drug-likeness (QED) is 0.915. The number of ether oxygens (including phenoxy) is 1. The Morgan fingerprint density at radius 2 is 1.74 bits per heavy atom. The van der Waals surface area contributed by atoms with Crippen LogP contribution < -0.4 is 9.46 Å². The van der Waals surface area contributed by atoms with E-state index in [-0.39, 0.29) is 6.04 Å². The van der Waals surface area contributed by atoms with Gasteiger partial charge in [0.05, 0.1) is 7.11 Å². The number of nitrogens with one attached hydrogen (secondary N) is 1. The number of fused-ring (bicyclic) bond motifs is 1. The first kappa shape index (κ1) is 16.2.